The third-order valence-electron chi connectivity index (χ3n) is 9.06. The molecule has 0 amide bonds. The van der Waals surface area contributed by atoms with E-state index in [1.165, 1.54) is 35.2 Å². The Morgan fingerprint density at radius 2 is 1.97 bits per heavy atom. The first-order valence-electron chi connectivity index (χ1n) is 12.3. The lowest BCUT2D eigenvalue weighted by Crippen LogP contribution is -2.50. The monoisotopic (exact) mass is 422 g/mol. The molecular weight excluding hydrogens is 384 g/mol. The quantitative estimate of drug-likeness (QED) is 0.520. The molecule has 2 heterocycles. The standard InChI is InChI=1S/C27H38N2O2/c1-18-7-5-9-24(20(18)3)29-13-11-28(12-14-29)17-22-21-15-23-19(2)8-6-10-27(23,4)16-25(21)31-26(22)30/h5,7,9,21-23,25H,2,6,8,10-17H2,1,3-4H3/t21-,22-,23-,25-,27-/m1/s1. The van der Waals surface area contributed by atoms with Crippen molar-refractivity contribution in [2.75, 3.05) is 37.6 Å². The number of anilines is 1. The molecule has 5 atom stereocenters. The minimum absolute atomic E-state index is 0.0385. The number of carbonyl (C=O) groups is 1. The van der Waals surface area contributed by atoms with Gasteiger partial charge >= 0.3 is 5.97 Å². The average Bonchev–Trinajstić information content (AvgIpc) is 3.03. The van der Waals surface area contributed by atoms with Gasteiger partial charge in [-0.15, -0.1) is 0 Å². The smallest absolute Gasteiger partial charge is 0.310 e. The first-order valence-corrected chi connectivity index (χ1v) is 12.3. The van der Waals surface area contributed by atoms with Gasteiger partial charge in [-0.25, -0.2) is 0 Å². The Balaban J connectivity index is 1.23. The van der Waals surface area contributed by atoms with Gasteiger partial charge in [0.2, 0.25) is 0 Å². The van der Waals surface area contributed by atoms with Gasteiger partial charge in [0.1, 0.15) is 6.10 Å². The summed E-state index contributed by atoms with van der Waals surface area (Å²) < 4.78 is 5.98. The van der Waals surface area contributed by atoms with Gasteiger partial charge in [0, 0.05) is 44.3 Å². The highest BCUT2D eigenvalue weighted by atomic mass is 16.6. The number of fused-ring (bicyclic) bond motifs is 2. The Bertz CT molecular complexity index is 872. The lowest BCUT2D eigenvalue weighted by molar-refractivity contribution is -0.146. The van der Waals surface area contributed by atoms with Crippen molar-refractivity contribution in [3.8, 4) is 0 Å². The molecule has 0 N–H and O–H groups in total. The van der Waals surface area contributed by atoms with E-state index in [1.807, 2.05) is 0 Å². The van der Waals surface area contributed by atoms with Crippen LogP contribution in [0, 0.1) is 37.0 Å². The van der Waals surface area contributed by atoms with Crippen molar-refractivity contribution in [1.29, 1.82) is 0 Å². The zero-order valence-electron chi connectivity index (χ0n) is 19.5. The summed E-state index contributed by atoms with van der Waals surface area (Å²) >= 11 is 0. The van der Waals surface area contributed by atoms with E-state index >= 15 is 0 Å². The van der Waals surface area contributed by atoms with E-state index in [0.29, 0.717) is 11.8 Å². The van der Waals surface area contributed by atoms with Crippen LogP contribution in [0.3, 0.4) is 0 Å². The molecule has 0 spiro atoms. The predicted molar refractivity (Wildman–Crippen MR) is 125 cm³/mol. The molecular formula is C27H38N2O2. The van der Waals surface area contributed by atoms with Gasteiger partial charge in [0.05, 0.1) is 5.92 Å². The Morgan fingerprint density at radius 1 is 1.19 bits per heavy atom. The summed E-state index contributed by atoms with van der Waals surface area (Å²) in [7, 11) is 0. The molecule has 2 aliphatic heterocycles. The number of esters is 1. The molecule has 2 aliphatic carbocycles. The lowest BCUT2D eigenvalue weighted by atomic mass is 9.55. The van der Waals surface area contributed by atoms with Crippen molar-refractivity contribution in [2.24, 2.45) is 23.2 Å². The molecule has 1 aromatic rings. The maximum absolute atomic E-state index is 12.9. The van der Waals surface area contributed by atoms with E-state index in [-0.39, 0.29) is 23.4 Å². The van der Waals surface area contributed by atoms with Crippen molar-refractivity contribution >= 4 is 11.7 Å². The van der Waals surface area contributed by atoms with Crippen LogP contribution < -0.4 is 4.90 Å². The van der Waals surface area contributed by atoms with Gasteiger partial charge in [-0.1, -0.05) is 31.2 Å². The number of benzene rings is 1. The highest BCUT2D eigenvalue weighted by Gasteiger charge is 2.55. The number of ether oxygens (including phenoxy) is 1. The van der Waals surface area contributed by atoms with Gasteiger partial charge in [-0.3, -0.25) is 9.69 Å². The zero-order chi connectivity index (χ0) is 21.8. The summed E-state index contributed by atoms with van der Waals surface area (Å²) in [6.45, 7) is 16.2. The molecule has 168 valence electrons. The molecule has 0 radical (unpaired) electrons. The predicted octanol–water partition coefficient (Wildman–Crippen LogP) is 4.74. The maximum Gasteiger partial charge on any atom is 0.310 e. The molecule has 2 saturated carbocycles. The molecule has 0 unspecified atom stereocenters. The van der Waals surface area contributed by atoms with Gasteiger partial charge in [0.15, 0.2) is 0 Å². The summed E-state index contributed by atoms with van der Waals surface area (Å²) in [4.78, 5) is 17.9. The normalized spacial score (nSPS) is 36.2. The van der Waals surface area contributed by atoms with Crippen molar-refractivity contribution in [3.05, 3.63) is 41.5 Å². The number of allylic oxidation sites excluding steroid dienone is 1. The van der Waals surface area contributed by atoms with E-state index in [0.717, 1.165) is 52.0 Å². The molecule has 1 aromatic carbocycles. The minimum atomic E-state index is 0.0385. The maximum atomic E-state index is 12.9. The van der Waals surface area contributed by atoms with Crippen molar-refractivity contribution in [3.63, 3.8) is 0 Å². The van der Waals surface area contributed by atoms with Gasteiger partial charge in [-0.05, 0) is 74.5 Å². The third kappa shape index (κ3) is 3.71. The summed E-state index contributed by atoms with van der Waals surface area (Å²) in [5.41, 5.74) is 5.81. The van der Waals surface area contributed by atoms with Crippen LogP contribution in [0.15, 0.2) is 30.4 Å². The van der Waals surface area contributed by atoms with E-state index in [4.69, 9.17) is 4.74 Å². The number of rotatable bonds is 3. The van der Waals surface area contributed by atoms with Gasteiger partial charge in [-0.2, -0.15) is 0 Å². The Kier molecular flexibility index (Phi) is 5.40. The number of hydrogen-bond donors (Lipinski definition) is 0. The zero-order valence-corrected chi connectivity index (χ0v) is 19.5. The first kappa shape index (κ1) is 21.1. The van der Waals surface area contributed by atoms with Crippen molar-refractivity contribution < 1.29 is 9.53 Å². The topological polar surface area (TPSA) is 32.8 Å². The van der Waals surface area contributed by atoms with Crippen LogP contribution in [0.2, 0.25) is 0 Å². The fourth-order valence-electron chi connectivity index (χ4n) is 6.99. The van der Waals surface area contributed by atoms with E-state index in [9.17, 15) is 4.79 Å². The molecule has 4 aliphatic rings. The Hall–Kier alpha value is -1.81. The number of hydrogen-bond acceptors (Lipinski definition) is 4. The largest absolute Gasteiger partial charge is 0.462 e. The van der Waals surface area contributed by atoms with Crippen LogP contribution in [0.25, 0.3) is 0 Å². The fourth-order valence-corrected chi connectivity index (χ4v) is 6.99. The first-order chi connectivity index (χ1) is 14.9. The second-order valence-electron chi connectivity index (χ2n) is 10.9. The van der Waals surface area contributed by atoms with Crippen LogP contribution in [0.1, 0.15) is 50.2 Å². The average molecular weight is 423 g/mol. The summed E-state index contributed by atoms with van der Waals surface area (Å²) in [6.07, 6.45) is 5.91. The molecule has 4 nitrogen and oxygen atoms in total. The van der Waals surface area contributed by atoms with E-state index in [2.05, 4.69) is 55.3 Å². The molecule has 4 heteroatoms. The number of piperazine rings is 1. The van der Waals surface area contributed by atoms with E-state index in [1.54, 1.807) is 0 Å². The highest BCUT2D eigenvalue weighted by molar-refractivity contribution is 5.75. The van der Waals surface area contributed by atoms with E-state index < -0.39 is 0 Å². The van der Waals surface area contributed by atoms with Crippen LogP contribution in [-0.2, 0) is 9.53 Å². The molecule has 5 rings (SSSR count). The Morgan fingerprint density at radius 3 is 2.74 bits per heavy atom. The van der Waals surface area contributed by atoms with Gasteiger partial charge in [0.25, 0.3) is 0 Å². The molecule has 2 saturated heterocycles. The summed E-state index contributed by atoms with van der Waals surface area (Å²) in [5.74, 6) is 1.04. The lowest BCUT2D eigenvalue weighted by Gasteiger charge is -2.50. The van der Waals surface area contributed by atoms with Crippen LogP contribution in [0.5, 0.6) is 0 Å². The Labute approximate surface area is 187 Å². The SMILES string of the molecule is C=C1CCC[C@]2(C)C[C@H]3OC(=O)[C@H](CN4CCN(c5cccc(C)c5C)CC4)[C@H]3C[C@H]12. The van der Waals surface area contributed by atoms with Crippen LogP contribution >= 0.6 is 0 Å². The molecule has 0 aromatic heterocycles. The summed E-state index contributed by atoms with van der Waals surface area (Å²) in [6, 6.07) is 6.59. The summed E-state index contributed by atoms with van der Waals surface area (Å²) in [5, 5.41) is 0. The number of nitrogens with zero attached hydrogens (tertiary/aromatic N) is 2. The number of aryl methyl sites for hydroxylation is 1. The van der Waals surface area contributed by atoms with Crippen LogP contribution in [-0.4, -0.2) is 49.7 Å². The van der Waals surface area contributed by atoms with Crippen molar-refractivity contribution in [1.82, 2.24) is 4.90 Å². The fraction of sp³-hybridized carbons (Fsp3) is 0.667. The minimum Gasteiger partial charge on any atom is -0.462 e. The van der Waals surface area contributed by atoms with Gasteiger partial charge < -0.3 is 9.64 Å². The van der Waals surface area contributed by atoms with Crippen molar-refractivity contribution in [2.45, 2.75) is 59.0 Å². The third-order valence-corrected chi connectivity index (χ3v) is 9.06. The second kappa shape index (κ2) is 7.95. The molecule has 31 heavy (non-hydrogen) atoms. The number of carbonyl (C=O) groups excluding carboxylic acids is 1. The highest BCUT2D eigenvalue weighted by Crippen LogP contribution is 2.56. The van der Waals surface area contributed by atoms with Crippen LogP contribution in [0.4, 0.5) is 5.69 Å². The molecule has 0 bridgehead atoms. The second-order valence-corrected chi connectivity index (χ2v) is 10.9. The molecule has 4 fully saturated rings.